The number of likely N-dealkylation sites (tertiary alicyclic amines) is 2. The summed E-state index contributed by atoms with van der Waals surface area (Å²) in [5.41, 5.74) is 0.929. The van der Waals surface area contributed by atoms with Crippen molar-refractivity contribution in [2.24, 2.45) is 5.41 Å². The van der Waals surface area contributed by atoms with Crippen LogP contribution in [0.4, 0.5) is 8.78 Å². The second-order valence-electron chi connectivity index (χ2n) is 10.6. The molecule has 3 aromatic rings. The Bertz CT molecular complexity index is 1410. The van der Waals surface area contributed by atoms with Crippen LogP contribution in [-0.2, 0) is 11.2 Å². The van der Waals surface area contributed by atoms with Gasteiger partial charge in [-0.05, 0) is 49.1 Å². The van der Waals surface area contributed by atoms with Crippen LogP contribution >= 0.6 is 11.6 Å². The van der Waals surface area contributed by atoms with Gasteiger partial charge < -0.3 is 19.6 Å². The molecule has 5 rings (SSSR count). The summed E-state index contributed by atoms with van der Waals surface area (Å²) >= 11 is 6.16. The molecule has 6 nitrogen and oxygen atoms in total. The molecule has 2 fully saturated rings. The third-order valence-corrected chi connectivity index (χ3v) is 8.64. The van der Waals surface area contributed by atoms with Crippen LogP contribution in [0.3, 0.4) is 0 Å². The quantitative estimate of drug-likeness (QED) is 0.450. The Labute approximate surface area is 237 Å². The standard InChI is InChI=1S/C31H31ClF2N2O4/c1-40-26-10-9-24(32)23(29(26)34)18-28(38)35-15-12-31(13-16-35)19-36(14-11-27(31)37)30(39)21-7-8-22(25(33)17-21)20-5-3-2-4-6-20/h2-10,17,27,37H,11-16,18-19H2,1H3. The Hall–Kier alpha value is -3.49. The van der Waals surface area contributed by atoms with Crippen LogP contribution in [-0.4, -0.2) is 66.1 Å². The fraction of sp³-hybridized carbons (Fsp3) is 0.355. The van der Waals surface area contributed by atoms with Crippen LogP contribution in [0.5, 0.6) is 5.75 Å². The number of carbonyl (C=O) groups is 2. The Morgan fingerprint density at radius 3 is 2.42 bits per heavy atom. The molecule has 210 valence electrons. The van der Waals surface area contributed by atoms with E-state index in [9.17, 15) is 23.5 Å². The van der Waals surface area contributed by atoms with E-state index < -0.39 is 23.2 Å². The number of piperidine rings is 2. The topological polar surface area (TPSA) is 70.1 Å². The van der Waals surface area contributed by atoms with Crippen molar-refractivity contribution < 1.29 is 28.2 Å². The van der Waals surface area contributed by atoms with Crippen LogP contribution in [0.1, 0.15) is 35.2 Å². The fourth-order valence-corrected chi connectivity index (χ4v) is 6.07. The van der Waals surface area contributed by atoms with Gasteiger partial charge in [-0.1, -0.05) is 48.0 Å². The molecule has 2 aliphatic heterocycles. The lowest BCUT2D eigenvalue weighted by atomic mass is 9.70. The van der Waals surface area contributed by atoms with E-state index in [1.807, 2.05) is 30.3 Å². The van der Waals surface area contributed by atoms with Gasteiger partial charge in [0.05, 0.1) is 19.6 Å². The summed E-state index contributed by atoms with van der Waals surface area (Å²) in [5, 5.41) is 11.1. The van der Waals surface area contributed by atoms with E-state index in [0.717, 1.165) is 5.56 Å². The van der Waals surface area contributed by atoms with Crippen molar-refractivity contribution in [2.45, 2.75) is 31.8 Å². The lowest BCUT2D eigenvalue weighted by molar-refractivity contribution is -0.136. The summed E-state index contributed by atoms with van der Waals surface area (Å²) in [6.07, 6.45) is 0.538. The zero-order chi connectivity index (χ0) is 28.4. The molecular weight excluding hydrogens is 538 g/mol. The van der Waals surface area contributed by atoms with Gasteiger partial charge in [0.15, 0.2) is 11.6 Å². The molecule has 2 aliphatic rings. The van der Waals surface area contributed by atoms with E-state index in [1.165, 1.54) is 25.3 Å². The highest BCUT2D eigenvalue weighted by Gasteiger charge is 2.46. The molecule has 2 heterocycles. The number of carbonyl (C=O) groups excluding carboxylic acids is 2. The van der Waals surface area contributed by atoms with Crippen LogP contribution in [0.2, 0.25) is 5.02 Å². The molecule has 1 N–H and O–H groups in total. The van der Waals surface area contributed by atoms with Crippen LogP contribution in [0, 0.1) is 17.0 Å². The number of aliphatic hydroxyl groups is 1. The Kier molecular flexibility index (Phi) is 8.10. The maximum atomic E-state index is 15.0. The van der Waals surface area contributed by atoms with Crippen molar-refractivity contribution in [1.82, 2.24) is 9.80 Å². The lowest BCUT2D eigenvalue weighted by Gasteiger charge is -2.50. The highest BCUT2D eigenvalue weighted by atomic mass is 35.5. The lowest BCUT2D eigenvalue weighted by Crippen LogP contribution is -2.58. The molecule has 0 radical (unpaired) electrons. The maximum absolute atomic E-state index is 15.0. The second-order valence-corrected chi connectivity index (χ2v) is 11.0. The Morgan fingerprint density at radius 2 is 1.75 bits per heavy atom. The summed E-state index contributed by atoms with van der Waals surface area (Å²) in [7, 11) is 1.35. The van der Waals surface area contributed by atoms with Crippen molar-refractivity contribution in [3.05, 3.63) is 88.4 Å². The van der Waals surface area contributed by atoms with E-state index in [1.54, 1.807) is 21.9 Å². The summed E-state index contributed by atoms with van der Waals surface area (Å²) in [6.45, 7) is 1.40. The van der Waals surface area contributed by atoms with E-state index in [4.69, 9.17) is 16.3 Å². The van der Waals surface area contributed by atoms with Gasteiger partial charge in [0.25, 0.3) is 5.91 Å². The summed E-state index contributed by atoms with van der Waals surface area (Å²) in [6, 6.07) is 16.6. The molecule has 0 aliphatic carbocycles. The van der Waals surface area contributed by atoms with Crippen LogP contribution in [0.25, 0.3) is 11.1 Å². The SMILES string of the molecule is COc1ccc(Cl)c(CC(=O)N2CCC3(CC2)CN(C(=O)c2ccc(-c4ccccc4)c(F)c2)CCC3O)c1F. The normalized spacial score (nSPS) is 18.6. The van der Waals surface area contributed by atoms with Crippen LogP contribution < -0.4 is 4.74 Å². The minimum absolute atomic E-state index is 0.0227. The zero-order valence-electron chi connectivity index (χ0n) is 22.2. The third kappa shape index (κ3) is 5.43. The van der Waals surface area contributed by atoms with E-state index in [2.05, 4.69) is 0 Å². The largest absolute Gasteiger partial charge is 0.494 e. The second kappa shape index (κ2) is 11.6. The minimum Gasteiger partial charge on any atom is -0.494 e. The summed E-state index contributed by atoms with van der Waals surface area (Å²) in [4.78, 5) is 29.7. The molecule has 0 aromatic heterocycles. The van der Waals surface area contributed by atoms with Crippen molar-refractivity contribution in [3.63, 3.8) is 0 Å². The number of benzene rings is 3. The number of halogens is 3. The number of amides is 2. The molecule has 1 spiro atoms. The maximum Gasteiger partial charge on any atom is 0.253 e. The number of hydrogen-bond acceptors (Lipinski definition) is 4. The third-order valence-electron chi connectivity index (χ3n) is 8.28. The molecule has 3 aromatic carbocycles. The van der Waals surface area contributed by atoms with Gasteiger partial charge in [-0.25, -0.2) is 8.78 Å². The number of hydrogen-bond donors (Lipinski definition) is 1. The molecule has 0 bridgehead atoms. The van der Waals surface area contributed by atoms with E-state index in [-0.39, 0.29) is 40.1 Å². The molecule has 2 amide bonds. The first-order valence-corrected chi connectivity index (χ1v) is 13.7. The predicted octanol–water partition coefficient (Wildman–Crippen LogP) is 5.35. The van der Waals surface area contributed by atoms with Gasteiger partial charge in [-0.3, -0.25) is 9.59 Å². The fourth-order valence-electron chi connectivity index (χ4n) is 5.86. The average Bonchev–Trinajstić information content (AvgIpc) is 2.97. The number of nitrogens with zero attached hydrogens (tertiary/aromatic N) is 2. The van der Waals surface area contributed by atoms with E-state index >= 15 is 0 Å². The van der Waals surface area contributed by atoms with Crippen molar-refractivity contribution in [2.75, 3.05) is 33.3 Å². The first kappa shape index (κ1) is 28.1. The number of aliphatic hydroxyl groups excluding tert-OH is 1. The van der Waals surface area contributed by atoms with Crippen LogP contribution in [0.15, 0.2) is 60.7 Å². The summed E-state index contributed by atoms with van der Waals surface area (Å²) in [5.74, 6) is -1.65. The van der Waals surface area contributed by atoms with E-state index in [0.29, 0.717) is 51.0 Å². The molecule has 9 heteroatoms. The molecule has 2 saturated heterocycles. The monoisotopic (exact) mass is 568 g/mol. The van der Waals surface area contributed by atoms with Gasteiger partial charge in [0.1, 0.15) is 5.82 Å². The predicted molar refractivity (Wildman–Crippen MR) is 148 cm³/mol. The molecule has 0 saturated carbocycles. The zero-order valence-corrected chi connectivity index (χ0v) is 23.0. The smallest absolute Gasteiger partial charge is 0.253 e. The highest BCUT2D eigenvalue weighted by molar-refractivity contribution is 6.31. The van der Waals surface area contributed by atoms with Crippen molar-refractivity contribution >= 4 is 23.4 Å². The van der Waals surface area contributed by atoms with Gasteiger partial charge in [0.2, 0.25) is 5.91 Å². The molecule has 1 unspecified atom stereocenters. The van der Waals surface area contributed by atoms with Gasteiger partial charge >= 0.3 is 0 Å². The molecule has 1 atom stereocenters. The summed E-state index contributed by atoms with van der Waals surface area (Å²) < 4.78 is 34.7. The van der Waals surface area contributed by atoms with Gasteiger partial charge in [-0.2, -0.15) is 0 Å². The highest BCUT2D eigenvalue weighted by Crippen LogP contribution is 2.41. The van der Waals surface area contributed by atoms with Gasteiger partial charge in [0, 0.05) is 53.3 Å². The number of rotatable bonds is 5. The first-order chi connectivity index (χ1) is 19.2. The van der Waals surface area contributed by atoms with Crippen molar-refractivity contribution in [3.8, 4) is 16.9 Å². The minimum atomic E-state index is -0.651. The van der Waals surface area contributed by atoms with Gasteiger partial charge in [-0.15, -0.1) is 0 Å². The average molecular weight is 569 g/mol. The van der Waals surface area contributed by atoms with Crippen molar-refractivity contribution in [1.29, 1.82) is 0 Å². The Balaban J connectivity index is 1.25. The first-order valence-electron chi connectivity index (χ1n) is 13.3. The Morgan fingerprint density at radius 1 is 1.02 bits per heavy atom. The number of ether oxygens (including phenoxy) is 1. The number of methoxy groups -OCH3 is 1. The molecule has 40 heavy (non-hydrogen) atoms. The molecular formula is C31H31ClF2N2O4.